The van der Waals surface area contributed by atoms with Crippen molar-refractivity contribution in [3.05, 3.63) is 0 Å². The molecule has 0 amide bonds. The molecule has 15 atom stereocenters. The minimum Gasteiger partial charge on any atom is -0.450 e. The molecular weight excluding hydrogens is 1490 g/mol. The molecule has 97 heavy (non-hydrogen) atoms. The van der Waals surface area contributed by atoms with Crippen molar-refractivity contribution in [2.45, 2.75) is 282 Å². The van der Waals surface area contributed by atoms with Crippen molar-refractivity contribution < 1.29 is 100 Å². The summed E-state index contributed by atoms with van der Waals surface area (Å²) in [5.41, 5.74) is -10.1. The summed E-state index contributed by atoms with van der Waals surface area (Å²) < 4.78 is 184. The van der Waals surface area contributed by atoms with Gasteiger partial charge in [0.1, 0.15) is 0 Å². The molecule has 8 aliphatic rings. The standard InChI is InChI=1S/C15H24O2S2.C14H21F3O2S2.C13H21F3O2S2.C12H19F3O2S2.C11H17F3O2S2/c1-3-10(2)14(16)17-15-9-5-8-13(15)18-11-6-4-7-12(11)19-15;1-3-12(2,14(15,16)17)11(18)19-13-7-4-6-10(13)20-8-5-9-21-13;1-5-11(3,13(14,15)16)10(17)18-12(4)9(2)19-7-6-8-20-12;1-4-10(2,12(13,14)15)9(16)17-11(3)8-18-6-5-7-19-11;1-3-10(2,11(12,13)14)9(15)16-8-7-17-5-4-6-18-8/h10-13H,3-9H2,1-2H3;10H,3-9H2,1-2H3;9H,5-8H2,1-4H3;4-8H2,1-3H3;8H,3-7H2,1-2H3. The Morgan fingerprint density at radius 3 is 1.48 bits per heavy atom. The van der Waals surface area contributed by atoms with Crippen LogP contribution in [0.2, 0.25) is 0 Å². The molecule has 566 valence electrons. The highest BCUT2D eigenvalue weighted by Crippen LogP contribution is 2.61. The highest BCUT2D eigenvalue weighted by Gasteiger charge is 2.63. The quantitative estimate of drug-likeness (QED) is 0.0874. The fraction of sp³-hybridized carbons (Fsp3) is 0.923. The van der Waals surface area contributed by atoms with Crippen molar-refractivity contribution >= 4 is 147 Å². The van der Waals surface area contributed by atoms with Crippen molar-refractivity contribution in [2.75, 3.05) is 57.5 Å². The summed E-state index contributed by atoms with van der Waals surface area (Å²) in [4.78, 5) is 57.7. The number of ether oxygens (including phenoxy) is 5. The van der Waals surface area contributed by atoms with Crippen molar-refractivity contribution in [1.29, 1.82) is 0 Å². The number of hydrogen-bond acceptors (Lipinski definition) is 20. The number of rotatable bonds is 15. The Morgan fingerprint density at radius 1 is 0.474 bits per heavy atom. The van der Waals surface area contributed by atoms with Crippen LogP contribution >= 0.6 is 118 Å². The molecule has 8 rings (SSSR count). The maximum absolute atomic E-state index is 13.2. The van der Waals surface area contributed by atoms with E-state index in [1.54, 1.807) is 60.9 Å². The minimum atomic E-state index is -4.60. The van der Waals surface area contributed by atoms with Gasteiger partial charge in [-0.25, -0.2) is 0 Å². The first-order valence-electron chi connectivity index (χ1n) is 33.6. The van der Waals surface area contributed by atoms with E-state index in [-0.39, 0.29) is 53.0 Å². The Hall–Kier alpha value is 0.01000. The molecule has 5 aliphatic heterocycles. The molecule has 8 fully saturated rings. The normalized spacial score (nSPS) is 32.1. The molecule has 15 unspecified atom stereocenters. The Labute approximate surface area is 610 Å². The summed E-state index contributed by atoms with van der Waals surface area (Å²) in [5, 5.41) is 2.19. The topological polar surface area (TPSA) is 132 Å². The zero-order valence-corrected chi connectivity index (χ0v) is 66.2. The third-order valence-electron chi connectivity index (χ3n) is 19.5. The second-order valence-electron chi connectivity index (χ2n) is 26.6. The molecule has 0 aromatic heterocycles. The molecule has 5 heterocycles. The molecular formula is C65H102F12O10S10. The first kappa shape index (κ1) is 89.4. The van der Waals surface area contributed by atoms with E-state index >= 15 is 0 Å². The number of fused-ring (bicyclic) bond motifs is 3. The van der Waals surface area contributed by atoms with Gasteiger partial charge in [0.15, 0.2) is 46.8 Å². The van der Waals surface area contributed by atoms with E-state index in [1.165, 1.54) is 107 Å². The summed E-state index contributed by atoms with van der Waals surface area (Å²) >= 11 is 16.6. The summed E-state index contributed by atoms with van der Waals surface area (Å²) in [6.45, 7) is 18.5. The van der Waals surface area contributed by atoms with Crippen molar-refractivity contribution in [3.63, 3.8) is 0 Å². The summed E-state index contributed by atoms with van der Waals surface area (Å²) in [7, 11) is 0. The van der Waals surface area contributed by atoms with Crippen LogP contribution in [-0.2, 0) is 47.7 Å². The van der Waals surface area contributed by atoms with Crippen LogP contribution in [0.5, 0.6) is 0 Å². The smallest absolute Gasteiger partial charge is 0.404 e. The van der Waals surface area contributed by atoms with Gasteiger partial charge in [0.2, 0.25) is 0 Å². The van der Waals surface area contributed by atoms with Gasteiger partial charge < -0.3 is 23.7 Å². The molecule has 0 aromatic rings. The van der Waals surface area contributed by atoms with Gasteiger partial charge in [-0.15, -0.1) is 70.6 Å². The van der Waals surface area contributed by atoms with E-state index in [0.29, 0.717) is 23.2 Å². The Morgan fingerprint density at radius 2 is 0.928 bits per heavy atom. The van der Waals surface area contributed by atoms with Gasteiger partial charge in [0.25, 0.3) is 0 Å². The maximum atomic E-state index is 13.2. The van der Waals surface area contributed by atoms with Gasteiger partial charge in [0.05, 0.1) is 21.7 Å². The highest BCUT2D eigenvalue weighted by atomic mass is 32.2. The molecule has 0 bridgehead atoms. The van der Waals surface area contributed by atoms with Crippen LogP contribution in [0.4, 0.5) is 52.7 Å². The van der Waals surface area contributed by atoms with Crippen LogP contribution in [0, 0.1) is 27.6 Å². The molecule has 5 saturated heterocycles. The third kappa shape index (κ3) is 23.3. The van der Waals surface area contributed by atoms with Crippen LogP contribution in [0.25, 0.3) is 0 Å². The van der Waals surface area contributed by atoms with Gasteiger partial charge in [-0.05, 0) is 204 Å². The number of hydrogen-bond donors (Lipinski definition) is 0. The third-order valence-corrected chi connectivity index (χ3v) is 35.2. The second-order valence-corrected chi connectivity index (χ2v) is 40.3. The summed E-state index contributed by atoms with van der Waals surface area (Å²) in [5.74, 6) is 3.64. The molecule has 0 radical (unpaired) electrons. The summed E-state index contributed by atoms with van der Waals surface area (Å²) in [6, 6.07) is 0. The lowest BCUT2D eigenvalue weighted by molar-refractivity contribution is -0.235. The number of carbonyl (C=O) groups excluding carboxylic acids is 5. The zero-order valence-electron chi connectivity index (χ0n) is 58.0. The number of halogens is 12. The average molecular weight is 1590 g/mol. The van der Waals surface area contributed by atoms with Gasteiger partial charge >= 0.3 is 54.6 Å². The molecule has 32 heteroatoms. The molecule has 3 aliphatic carbocycles. The average Bonchev–Trinajstić information content (AvgIpc) is 1.41. The summed E-state index contributed by atoms with van der Waals surface area (Å²) in [6.07, 6.45) is -4.68. The van der Waals surface area contributed by atoms with E-state index in [2.05, 4.69) is 18.7 Å². The Kier molecular flexibility index (Phi) is 35.0. The van der Waals surface area contributed by atoms with E-state index < -0.39 is 90.5 Å². The molecule has 3 saturated carbocycles. The van der Waals surface area contributed by atoms with Gasteiger partial charge in [0, 0.05) is 22.0 Å². The van der Waals surface area contributed by atoms with Crippen molar-refractivity contribution in [3.8, 4) is 0 Å². The first-order valence-corrected chi connectivity index (χ1v) is 43.8. The zero-order chi connectivity index (χ0) is 73.3. The van der Waals surface area contributed by atoms with Crippen LogP contribution in [-0.4, -0.2) is 163 Å². The van der Waals surface area contributed by atoms with Crippen LogP contribution in [0.3, 0.4) is 0 Å². The van der Waals surface area contributed by atoms with Gasteiger partial charge in [-0.1, -0.05) is 48.0 Å². The number of carbonyl (C=O) groups is 5. The molecule has 10 nitrogen and oxygen atoms in total. The molecule has 0 aromatic carbocycles. The fourth-order valence-corrected chi connectivity index (χ4v) is 25.9. The van der Waals surface area contributed by atoms with Crippen LogP contribution in [0.1, 0.15) is 206 Å². The largest absolute Gasteiger partial charge is 0.450 e. The lowest BCUT2D eigenvalue weighted by Gasteiger charge is -2.43. The van der Waals surface area contributed by atoms with Crippen molar-refractivity contribution in [2.24, 2.45) is 27.6 Å². The number of thioether (sulfide) groups is 10. The van der Waals surface area contributed by atoms with Crippen LogP contribution in [0.15, 0.2) is 0 Å². The lowest BCUT2D eigenvalue weighted by Crippen LogP contribution is -2.48. The maximum Gasteiger partial charge on any atom is 0.404 e. The van der Waals surface area contributed by atoms with Gasteiger partial charge in [-0.3, -0.25) is 24.0 Å². The predicted molar refractivity (Wildman–Crippen MR) is 383 cm³/mol. The Balaban J connectivity index is 0.000000258. The van der Waals surface area contributed by atoms with Crippen LogP contribution < -0.4 is 0 Å². The van der Waals surface area contributed by atoms with E-state index in [4.69, 9.17) is 23.7 Å². The van der Waals surface area contributed by atoms with E-state index in [1.807, 2.05) is 25.6 Å². The monoisotopic (exact) mass is 1590 g/mol. The molecule has 0 spiro atoms. The lowest BCUT2D eigenvalue weighted by atomic mass is 9.87. The Bertz CT molecular complexity index is 2510. The highest BCUT2D eigenvalue weighted by molar-refractivity contribution is 8.08. The number of esters is 5. The fourth-order valence-electron chi connectivity index (χ4n) is 10.8. The number of alkyl halides is 12. The molecule has 0 N–H and O–H groups in total. The minimum absolute atomic E-state index is 0.0268. The van der Waals surface area contributed by atoms with Crippen molar-refractivity contribution in [1.82, 2.24) is 0 Å². The van der Waals surface area contributed by atoms with E-state index in [9.17, 15) is 76.7 Å². The SMILES string of the molecule is CCC(C)(C(=O)OC1(C)CSCCCS1)C(F)(F)F.CCC(C)(C(=O)OC1(C)SCCCSC1C)C(F)(F)F.CCC(C)(C(=O)OC12CCCC1SCCCS2)C(F)(F)F.CCC(C)(C(=O)OC1CSCCCS1)C(F)(F)F.CCC(C)C(=O)OC12CCCC1SC1CCCC1S2. The van der Waals surface area contributed by atoms with E-state index in [0.717, 1.165) is 136 Å². The first-order chi connectivity index (χ1) is 44.9. The second kappa shape index (κ2) is 38.0. The van der Waals surface area contributed by atoms with Gasteiger partial charge in [-0.2, -0.15) is 99.7 Å². The predicted octanol–water partition coefficient (Wildman–Crippen LogP) is 21.1.